The van der Waals surface area contributed by atoms with E-state index in [1.807, 2.05) is 0 Å². The lowest BCUT2D eigenvalue weighted by molar-refractivity contribution is 0.0858. The average Bonchev–Trinajstić information content (AvgIpc) is 2.60. The lowest BCUT2D eigenvalue weighted by atomic mass is 10.1. The fraction of sp³-hybridized carbons (Fsp3) is 0.455. The molecule has 1 aromatic heterocycles. The van der Waals surface area contributed by atoms with Gasteiger partial charge in [-0.25, -0.2) is 0 Å². The van der Waals surface area contributed by atoms with Crippen LogP contribution in [-0.2, 0) is 0 Å². The van der Waals surface area contributed by atoms with E-state index in [4.69, 9.17) is 14.3 Å². The minimum Gasteiger partial charge on any atom is -0.468 e. The third-order valence-electron chi connectivity index (χ3n) is 2.02. The number of furan rings is 1. The highest BCUT2D eigenvalue weighted by Gasteiger charge is 2.22. The van der Waals surface area contributed by atoms with Crippen molar-refractivity contribution >= 4 is 11.6 Å². The number of hydrogen-bond donors (Lipinski definition) is 1. The molecule has 1 rings (SSSR count). The molecule has 0 unspecified atom stereocenters. The van der Waals surface area contributed by atoms with E-state index in [0.29, 0.717) is 0 Å². The lowest BCUT2D eigenvalue weighted by Gasteiger charge is -2.01. The van der Waals surface area contributed by atoms with E-state index >= 15 is 0 Å². The third-order valence-corrected chi connectivity index (χ3v) is 2.02. The van der Waals surface area contributed by atoms with Crippen molar-refractivity contribution in [3.8, 4) is 5.95 Å². The van der Waals surface area contributed by atoms with Crippen LogP contribution in [0.5, 0.6) is 5.95 Å². The van der Waals surface area contributed by atoms with Gasteiger partial charge in [-0.05, 0) is 13.8 Å². The molecule has 1 atom stereocenters. The fourth-order valence-corrected chi connectivity index (χ4v) is 1.30. The molecule has 0 aromatic carbocycles. The molecular formula is C11H14O5. The molecule has 88 valence electrons. The number of rotatable bonds is 5. The van der Waals surface area contributed by atoms with Crippen molar-refractivity contribution in [1.82, 2.24) is 0 Å². The molecule has 0 aliphatic rings. The number of hydrogen-bond acceptors (Lipinski definition) is 5. The fourth-order valence-electron chi connectivity index (χ4n) is 1.30. The summed E-state index contributed by atoms with van der Waals surface area (Å²) in [6, 6.07) is 1.37. The number of ketones is 2. The van der Waals surface area contributed by atoms with E-state index in [1.165, 1.54) is 27.0 Å². The van der Waals surface area contributed by atoms with Crippen LogP contribution in [0.3, 0.4) is 0 Å². The van der Waals surface area contributed by atoms with Crippen LogP contribution in [0.25, 0.3) is 0 Å². The second-order valence-electron chi connectivity index (χ2n) is 3.54. The monoisotopic (exact) mass is 226 g/mol. The molecule has 16 heavy (non-hydrogen) atoms. The molecule has 0 aliphatic heterocycles. The standard InChI is InChI=1S/C11H14O5/c1-6(12)4-9(14)11-8(7(2)13)5-10(15-3)16-11/h5-6,12H,4H2,1-3H3/t6-/m0/s1. The molecule has 0 radical (unpaired) electrons. The molecule has 5 heteroatoms. The molecule has 1 aromatic rings. The number of methoxy groups -OCH3 is 1. The molecule has 1 heterocycles. The Morgan fingerprint density at radius 2 is 2.19 bits per heavy atom. The van der Waals surface area contributed by atoms with Gasteiger partial charge in [-0.15, -0.1) is 0 Å². The van der Waals surface area contributed by atoms with Crippen LogP contribution >= 0.6 is 0 Å². The summed E-state index contributed by atoms with van der Waals surface area (Å²) in [4.78, 5) is 22.9. The summed E-state index contributed by atoms with van der Waals surface area (Å²) < 4.78 is 9.89. The predicted octanol–water partition coefficient (Wildman–Crippen LogP) is 1.44. The number of aliphatic hydroxyl groups is 1. The van der Waals surface area contributed by atoms with Gasteiger partial charge in [0.25, 0.3) is 5.95 Å². The van der Waals surface area contributed by atoms with Gasteiger partial charge >= 0.3 is 0 Å². The van der Waals surface area contributed by atoms with E-state index in [0.717, 1.165) is 0 Å². The molecule has 0 saturated carbocycles. The largest absolute Gasteiger partial charge is 0.468 e. The minimum absolute atomic E-state index is 0.0507. The van der Waals surface area contributed by atoms with Crippen LogP contribution in [0.4, 0.5) is 0 Å². The first-order valence-electron chi connectivity index (χ1n) is 4.85. The Morgan fingerprint density at radius 1 is 1.56 bits per heavy atom. The highest BCUT2D eigenvalue weighted by Crippen LogP contribution is 2.23. The summed E-state index contributed by atoms with van der Waals surface area (Å²) in [5.41, 5.74) is 0.183. The Labute approximate surface area is 93.0 Å². The summed E-state index contributed by atoms with van der Waals surface area (Å²) >= 11 is 0. The van der Waals surface area contributed by atoms with E-state index in [-0.39, 0.29) is 29.5 Å². The van der Waals surface area contributed by atoms with Crippen molar-refractivity contribution in [2.24, 2.45) is 0 Å². The first-order chi connectivity index (χ1) is 7.45. The second kappa shape index (κ2) is 4.94. The minimum atomic E-state index is -0.775. The molecule has 0 fully saturated rings. The number of aliphatic hydroxyl groups excluding tert-OH is 1. The zero-order valence-corrected chi connectivity index (χ0v) is 9.44. The number of Topliss-reactive ketones (excluding diaryl/α,β-unsaturated/α-hetero) is 2. The Balaban J connectivity index is 3.06. The molecule has 1 N–H and O–H groups in total. The van der Waals surface area contributed by atoms with Gasteiger partial charge in [0.15, 0.2) is 11.5 Å². The highest BCUT2D eigenvalue weighted by molar-refractivity contribution is 6.06. The zero-order valence-electron chi connectivity index (χ0n) is 9.44. The first-order valence-corrected chi connectivity index (χ1v) is 4.85. The molecule has 0 spiro atoms. The van der Waals surface area contributed by atoms with Gasteiger partial charge in [0.1, 0.15) is 0 Å². The van der Waals surface area contributed by atoms with Gasteiger partial charge in [0, 0.05) is 12.5 Å². The SMILES string of the molecule is COc1cc(C(C)=O)c(C(=O)C[C@H](C)O)o1. The Hall–Kier alpha value is -1.62. The van der Waals surface area contributed by atoms with Crippen molar-refractivity contribution in [2.45, 2.75) is 26.4 Å². The summed E-state index contributed by atoms with van der Waals surface area (Å²) in [6.07, 6.45) is -0.861. The maximum absolute atomic E-state index is 11.6. The normalized spacial score (nSPS) is 12.2. The maximum Gasteiger partial charge on any atom is 0.285 e. The Kier molecular flexibility index (Phi) is 3.84. The summed E-state index contributed by atoms with van der Waals surface area (Å²) in [5, 5.41) is 9.10. The number of carbonyl (C=O) groups is 2. The van der Waals surface area contributed by atoms with Crippen molar-refractivity contribution in [2.75, 3.05) is 7.11 Å². The number of ether oxygens (including phenoxy) is 1. The van der Waals surface area contributed by atoms with Crippen LogP contribution in [-0.4, -0.2) is 29.9 Å². The van der Waals surface area contributed by atoms with Gasteiger partial charge in [-0.3, -0.25) is 9.59 Å². The predicted molar refractivity (Wildman–Crippen MR) is 55.9 cm³/mol. The quantitative estimate of drug-likeness (QED) is 0.769. The van der Waals surface area contributed by atoms with Crippen molar-refractivity contribution in [3.63, 3.8) is 0 Å². The van der Waals surface area contributed by atoms with E-state index < -0.39 is 11.9 Å². The molecule has 0 amide bonds. The van der Waals surface area contributed by atoms with Gasteiger partial charge in [-0.1, -0.05) is 0 Å². The van der Waals surface area contributed by atoms with Crippen molar-refractivity contribution in [1.29, 1.82) is 0 Å². The van der Waals surface area contributed by atoms with Gasteiger partial charge in [-0.2, -0.15) is 0 Å². The van der Waals surface area contributed by atoms with Crippen LogP contribution in [0.15, 0.2) is 10.5 Å². The van der Waals surface area contributed by atoms with Gasteiger partial charge in [0.2, 0.25) is 5.78 Å². The lowest BCUT2D eigenvalue weighted by Crippen LogP contribution is -2.11. The average molecular weight is 226 g/mol. The molecule has 0 saturated heterocycles. The Bertz CT molecular complexity index is 403. The third kappa shape index (κ3) is 2.70. The summed E-state index contributed by atoms with van der Waals surface area (Å²) in [7, 11) is 1.38. The van der Waals surface area contributed by atoms with Gasteiger partial charge < -0.3 is 14.3 Å². The Morgan fingerprint density at radius 3 is 2.62 bits per heavy atom. The molecular weight excluding hydrogens is 212 g/mol. The van der Waals surface area contributed by atoms with Crippen LogP contribution < -0.4 is 4.74 Å². The summed E-state index contributed by atoms with van der Waals surface area (Å²) in [6.45, 7) is 2.83. The first kappa shape index (κ1) is 12.4. The highest BCUT2D eigenvalue weighted by atomic mass is 16.6. The number of carbonyl (C=O) groups excluding carboxylic acids is 2. The maximum atomic E-state index is 11.6. The zero-order chi connectivity index (χ0) is 12.3. The van der Waals surface area contributed by atoms with Crippen LogP contribution in [0.2, 0.25) is 0 Å². The van der Waals surface area contributed by atoms with Crippen molar-refractivity contribution in [3.05, 3.63) is 17.4 Å². The second-order valence-corrected chi connectivity index (χ2v) is 3.54. The topological polar surface area (TPSA) is 76.7 Å². The van der Waals surface area contributed by atoms with Gasteiger partial charge in [0.05, 0.1) is 18.8 Å². The smallest absolute Gasteiger partial charge is 0.285 e. The van der Waals surface area contributed by atoms with E-state index in [1.54, 1.807) is 0 Å². The molecule has 0 bridgehead atoms. The van der Waals surface area contributed by atoms with E-state index in [9.17, 15) is 9.59 Å². The summed E-state index contributed by atoms with van der Waals surface area (Å²) in [5.74, 6) is -0.631. The molecule has 0 aliphatic carbocycles. The van der Waals surface area contributed by atoms with Crippen LogP contribution in [0, 0.1) is 0 Å². The van der Waals surface area contributed by atoms with Crippen LogP contribution in [0.1, 0.15) is 41.2 Å². The molecule has 5 nitrogen and oxygen atoms in total. The van der Waals surface area contributed by atoms with Crippen molar-refractivity contribution < 1.29 is 23.8 Å². The van der Waals surface area contributed by atoms with E-state index in [2.05, 4.69) is 0 Å².